The lowest BCUT2D eigenvalue weighted by Crippen LogP contribution is -2.15. The van der Waals surface area contributed by atoms with E-state index in [9.17, 15) is 4.39 Å². The van der Waals surface area contributed by atoms with Crippen molar-refractivity contribution in [2.24, 2.45) is 5.73 Å². The molecule has 1 atom stereocenters. The molecule has 2 nitrogen and oxygen atoms in total. The van der Waals surface area contributed by atoms with Crippen LogP contribution in [0.15, 0.2) is 42.5 Å². The highest BCUT2D eigenvalue weighted by Gasteiger charge is 2.10. The first-order chi connectivity index (χ1) is 10.1. The zero-order valence-corrected chi connectivity index (χ0v) is 12.6. The van der Waals surface area contributed by atoms with Crippen molar-refractivity contribution in [3.63, 3.8) is 0 Å². The van der Waals surface area contributed by atoms with Gasteiger partial charge in [0.1, 0.15) is 11.6 Å². The van der Waals surface area contributed by atoms with Gasteiger partial charge in [-0.3, -0.25) is 0 Å². The average molecular weight is 287 g/mol. The topological polar surface area (TPSA) is 35.2 Å². The van der Waals surface area contributed by atoms with Crippen LogP contribution in [0.5, 0.6) is 5.75 Å². The Labute approximate surface area is 125 Å². The van der Waals surface area contributed by atoms with Gasteiger partial charge in [0.15, 0.2) is 0 Å². The first-order valence-corrected chi connectivity index (χ1v) is 7.25. The minimum atomic E-state index is -0.221. The molecule has 2 rings (SSSR count). The maximum absolute atomic E-state index is 12.9. The van der Waals surface area contributed by atoms with Crippen molar-refractivity contribution in [2.75, 3.05) is 13.2 Å². The number of hydrogen-bond acceptors (Lipinski definition) is 2. The van der Waals surface area contributed by atoms with Crippen molar-refractivity contribution < 1.29 is 9.13 Å². The Kier molecular flexibility index (Phi) is 5.34. The molecule has 2 N–H and O–H groups in total. The second kappa shape index (κ2) is 7.23. The summed E-state index contributed by atoms with van der Waals surface area (Å²) in [4.78, 5) is 0. The molecule has 0 saturated heterocycles. The predicted molar refractivity (Wildman–Crippen MR) is 84.2 cm³/mol. The van der Waals surface area contributed by atoms with Gasteiger partial charge in [0.05, 0.1) is 6.61 Å². The number of ether oxygens (including phenoxy) is 1. The molecule has 2 aromatic carbocycles. The lowest BCUT2D eigenvalue weighted by Gasteiger charge is -2.16. The van der Waals surface area contributed by atoms with Crippen LogP contribution in [0.2, 0.25) is 0 Å². The summed E-state index contributed by atoms with van der Waals surface area (Å²) in [7, 11) is 0. The molecule has 2 aromatic rings. The number of rotatable bonds is 6. The second-order valence-electron chi connectivity index (χ2n) is 5.39. The van der Waals surface area contributed by atoms with Gasteiger partial charge in [-0.15, -0.1) is 0 Å². The van der Waals surface area contributed by atoms with E-state index >= 15 is 0 Å². The Balaban J connectivity index is 1.93. The quantitative estimate of drug-likeness (QED) is 0.873. The molecule has 0 fully saturated rings. The van der Waals surface area contributed by atoms with Crippen molar-refractivity contribution in [2.45, 2.75) is 26.2 Å². The molecule has 112 valence electrons. The molecule has 0 saturated carbocycles. The fourth-order valence-corrected chi connectivity index (χ4v) is 2.43. The van der Waals surface area contributed by atoms with Crippen LogP contribution in [-0.4, -0.2) is 13.2 Å². The van der Waals surface area contributed by atoms with Crippen LogP contribution in [0.4, 0.5) is 4.39 Å². The minimum absolute atomic E-state index is 0.191. The van der Waals surface area contributed by atoms with E-state index in [2.05, 4.69) is 13.0 Å². The van der Waals surface area contributed by atoms with Crippen LogP contribution in [0.1, 0.15) is 29.0 Å². The van der Waals surface area contributed by atoms with E-state index in [1.807, 2.05) is 19.1 Å². The van der Waals surface area contributed by atoms with Gasteiger partial charge >= 0.3 is 0 Å². The first kappa shape index (κ1) is 15.5. The van der Waals surface area contributed by atoms with Crippen molar-refractivity contribution in [3.8, 4) is 5.75 Å². The number of halogens is 1. The normalized spacial score (nSPS) is 12.2. The number of nitrogens with two attached hydrogens (primary N) is 1. The van der Waals surface area contributed by atoms with Crippen molar-refractivity contribution in [1.29, 1.82) is 0 Å². The van der Waals surface area contributed by atoms with Gasteiger partial charge in [-0.05, 0) is 62.1 Å². The number of benzene rings is 2. The first-order valence-electron chi connectivity index (χ1n) is 7.25. The summed E-state index contributed by atoms with van der Waals surface area (Å²) in [5, 5.41) is 0. The molecule has 0 amide bonds. The van der Waals surface area contributed by atoms with E-state index in [0.29, 0.717) is 13.2 Å². The fraction of sp³-hybridized carbons (Fsp3) is 0.333. The van der Waals surface area contributed by atoms with Gasteiger partial charge < -0.3 is 10.5 Å². The van der Waals surface area contributed by atoms with Crippen LogP contribution in [0.3, 0.4) is 0 Å². The molecule has 0 aliphatic carbocycles. The second-order valence-corrected chi connectivity index (χ2v) is 5.39. The third-order valence-corrected chi connectivity index (χ3v) is 3.68. The summed E-state index contributed by atoms with van der Waals surface area (Å²) in [6, 6.07) is 12.7. The van der Waals surface area contributed by atoms with E-state index in [1.54, 1.807) is 12.1 Å². The Hall–Kier alpha value is -1.87. The molecule has 0 spiro atoms. The highest BCUT2D eigenvalue weighted by molar-refractivity contribution is 5.35. The third-order valence-electron chi connectivity index (χ3n) is 3.68. The molecular weight excluding hydrogens is 265 g/mol. The number of hydrogen-bond donors (Lipinski definition) is 1. The smallest absolute Gasteiger partial charge is 0.123 e. The summed E-state index contributed by atoms with van der Waals surface area (Å²) < 4.78 is 18.8. The van der Waals surface area contributed by atoms with Crippen LogP contribution in [-0.2, 0) is 0 Å². The van der Waals surface area contributed by atoms with Gasteiger partial charge in [0.25, 0.3) is 0 Å². The molecule has 0 radical (unpaired) electrons. The van der Waals surface area contributed by atoms with Crippen LogP contribution >= 0.6 is 0 Å². The average Bonchev–Trinajstić information content (AvgIpc) is 2.47. The molecule has 1 unspecified atom stereocenters. The van der Waals surface area contributed by atoms with Crippen molar-refractivity contribution >= 4 is 0 Å². The van der Waals surface area contributed by atoms with Gasteiger partial charge in [0, 0.05) is 0 Å². The van der Waals surface area contributed by atoms with E-state index in [-0.39, 0.29) is 11.7 Å². The molecule has 0 aliphatic rings. The van der Waals surface area contributed by atoms with Gasteiger partial charge in [-0.2, -0.15) is 0 Å². The minimum Gasteiger partial charge on any atom is -0.493 e. The Morgan fingerprint density at radius 2 is 1.81 bits per heavy atom. The summed E-state index contributed by atoms with van der Waals surface area (Å²) in [5.41, 5.74) is 9.25. The molecule has 0 aliphatic heterocycles. The van der Waals surface area contributed by atoms with Gasteiger partial charge in [0.2, 0.25) is 0 Å². The predicted octanol–water partition coefficient (Wildman–Crippen LogP) is 3.95. The lowest BCUT2D eigenvalue weighted by atomic mass is 9.96. The number of aryl methyl sites for hydroxylation is 2. The third kappa shape index (κ3) is 4.30. The SMILES string of the molecule is Cc1ccc(OCCC(CN)c2ccc(F)cc2)c(C)c1. The fourth-order valence-electron chi connectivity index (χ4n) is 2.43. The molecule has 3 heteroatoms. The van der Waals surface area contributed by atoms with Gasteiger partial charge in [-0.1, -0.05) is 29.8 Å². The monoisotopic (exact) mass is 287 g/mol. The maximum Gasteiger partial charge on any atom is 0.123 e. The zero-order valence-electron chi connectivity index (χ0n) is 12.6. The summed E-state index contributed by atoms with van der Waals surface area (Å²) in [5.74, 6) is 0.882. The van der Waals surface area contributed by atoms with E-state index in [1.165, 1.54) is 17.7 Å². The Morgan fingerprint density at radius 3 is 2.43 bits per heavy atom. The molecule has 21 heavy (non-hydrogen) atoms. The largest absolute Gasteiger partial charge is 0.493 e. The zero-order chi connectivity index (χ0) is 15.2. The molecule has 0 heterocycles. The molecule has 0 aromatic heterocycles. The van der Waals surface area contributed by atoms with Crippen molar-refractivity contribution in [1.82, 2.24) is 0 Å². The summed E-state index contributed by atoms with van der Waals surface area (Å²) >= 11 is 0. The van der Waals surface area contributed by atoms with Crippen LogP contribution in [0, 0.1) is 19.7 Å². The standard InChI is InChI=1S/C18H22FNO/c1-13-3-8-18(14(2)11-13)21-10-9-16(12-20)15-4-6-17(19)7-5-15/h3-8,11,16H,9-10,12,20H2,1-2H3. The Morgan fingerprint density at radius 1 is 1.10 bits per heavy atom. The molecular formula is C18H22FNO. The van der Waals surface area contributed by atoms with E-state index in [0.717, 1.165) is 23.3 Å². The molecule has 0 bridgehead atoms. The summed E-state index contributed by atoms with van der Waals surface area (Å²) in [6.07, 6.45) is 0.815. The van der Waals surface area contributed by atoms with E-state index in [4.69, 9.17) is 10.5 Å². The van der Waals surface area contributed by atoms with Crippen LogP contribution in [0.25, 0.3) is 0 Å². The highest BCUT2D eigenvalue weighted by Crippen LogP contribution is 2.22. The Bertz CT molecular complexity index is 580. The maximum atomic E-state index is 12.9. The van der Waals surface area contributed by atoms with Crippen molar-refractivity contribution in [3.05, 3.63) is 65.0 Å². The lowest BCUT2D eigenvalue weighted by molar-refractivity contribution is 0.296. The van der Waals surface area contributed by atoms with E-state index < -0.39 is 0 Å². The summed E-state index contributed by atoms with van der Waals surface area (Å²) in [6.45, 7) is 5.24. The highest BCUT2D eigenvalue weighted by atomic mass is 19.1. The van der Waals surface area contributed by atoms with Crippen LogP contribution < -0.4 is 10.5 Å². The van der Waals surface area contributed by atoms with Gasteiger partial charge in [-0.25, -0.2) is 4.39 Å².